The molecule has 1 aliphatic rings. The van der Waals surface area contributed by atoms with E-state index in [2.05, 4.69) is 27.0 Å². The zero-order valence-corrected chi connectivity index (χ0v) is 12.1. The molecule has 1 aromatic carbocycles. The third-order valence-electron chi connectivity index (χ3n) is 3.93. The van der Waals surface area contributed by atoms with Crippen molar-refractivity contribution in [1.29, 1.82) is 0 Å². The fourth-order valence-electron chi connectivity index (χ4n) is 2.86. The van der Waals surface area contributed by atoms with Crippen LogP contribution >= 0.6 is 0 Å². The number of nitrogen functional groups attached to an aromatic ring is 1. The van der Waals surface area contributed by atoms with E-state index >= 15 is 0 Å². The first-order chi connectivity index (χ1) is 10.6. The Morgan fingerprint density at radius 1 is 1.36 bits per heavy atom. The largest absolute Gasteiger partial charge is 0.378 e. The standard InChI is InChI=1S/C15H17N5O2/c16-14-13(20(21)22)10-17-15(18-14)19-8-4-7-12(19)9-11-5-2-1-3-6-11/h1-3,5-6,10,12H,4,7-9H2,(H2,16,17,18). The molecule has 1 fully saturated rings. The number of rotatable bonds is 4. The smallest absolute Gasteiger partial charge is 0.329 e. The van der Waals surface area contributed by atoms with E-state index in [0.29, 0.717) is 12.0 Å². The van der Waals surface area contributed by atoms with Crippen LogP contribution in [0.15, 0.2) is 36.5 Å². The molecule has 0 spiro atoms. The van der Waals surface area contributed by atoms with Crippen LogP contribution < -0.4 is 10.6 Å². The monoisotopic (exact) mass is 299 g/mol. The lowest BCUT2D eigenvalue weighted by atomic mass is 10.0. The predicted molar refractivity (Wildman–Crippen MR) is 83.6 cm³/mol. The normalized spacial score (nSPS) is 17.6. The van der Waals surface area contributed by atoms with Crippen LogP contribution in [-0.4, -0.2) is 27.5 Å². The number of anilines is 2. The molecule has 2 heterocycles. The molecule has 1 aromatic heterocycles. The highest BCUT2D eigenvalue weighted by Gasteiger charge is 2.28. The van der Waals surface area contributed by atoms with Crippen LogP contribution in [0.5, 0.6) is 0 Å². The fraction of sp³-hybridized carbons (Fsp3) is 0.333. The predicted octanol–water partition coefficient (Wildman–Crippen LogP) is 2.18. The van der Waals surface area contributed by atoms with Gasteiger partial charge in [-0.2, -0.15) is 4.98 Å². The lowest BCUT2D eigenvalue weighted by Crippen LogP contribution is -2.32. The first-order valence-corrected chi connectivity index (χ1v) is 7.22. The van der Waals surface area contributed by atoms with Crippen molar-refractivity contribution in [3.05, 3.63) is 52.2 Å². The molecule has 0 aliphatic carbocycles. The van der Waals surface area contributed by atoms with Crippen molar-refractivity contribution in [1.82, 2.24) is 9.97 Å². The summed E-state index contributed by atoms with van der Waals surface area (Å²) in [5, 5.41) is 10.8. The van der Waals surface area contributed by atoms with Gasteiger partial charge < -0.3 is 10.6 Å². The number of nitrogens with zero attached hydrogens (tertiary/aromatic N) is 4. The number of hydrogen-bond donors (Lipinski definition) is 1. The summed E-state index contributed by atoms with van der Waals surface area (Å²) in [5.41, 5.74) is 6.68. The van der Waals surface area contributed by atoms with Gasteiger partial charge in [0.2, 0.25) is 11.8 Å². The van der Waals surface area contributed by atoms with Crippen molar-refractivity contribution in [2.24, 2.45) is 0 Å². The van der Waals surface area contributed by atoms with Gasteiger partial charge in [0.1, 0.15) is 6.20 Å². The van der Waals surface area contributed by atoms with Gasteiger partial charge in [-0.05, 0) is 24.8 Å². The molecule has 0 amide bonds. The Balaban J connectivity index is 1.81. The number of nitrogens with two attached hydrogens (primary N) is 1. The molecule has 22 heavy (non-hydrogen) atoms. The Kier molecular flexibility index (Phi) is 3.86. The van der Waals surface area contributed by atoms with E-state index in [1.807, 2.05) is 18.2 Å². The SMILES string of the molecule is Nc1nc(N2CCCC2Cc2ccccc2)ncc1[N+](=O)[O-]. The molecule has 1 unspecified atom stereocenters. The summed E-state index contributed by atoms with van der Waals surface area (Å²) in [4.78, 5) is 20.6. The molecule has 7 nitrogen and oxygen atoms in total. The van der Waals surface area contributed by atoms with Crippen molar-refractivity contribution < 1.29 is 4.92 Å². The highest BCUT2D eigenvalue weighted by atomic mass is 16.6. The summed E-state index contributed by atoms with van der Waals surface area (Å²) >= 11 is 0. The summed E-state index contributed by atoms with van der Waals surface area (Å²) in [5.74, 6) is 0.391. The fourth-order valence-corrected chi connectivity index (χ4v) is 2.86. The van der Waals surface area contributed by atoms with E-state index in [9.17, 15) is 10.1 Å². The molecule has 1 aliphatic heterocycles. The third-order valence-corrected chi connectivity index (χ3v) is 3.93. The quantitative estimate of drug-likeness (QED) is 0.686. The van der Waals surface area contributed by atoms with Gasteiger partial charge in [0, 0.05) is 12.6 Å². The molecule has 3 rings (SSSR count). The Morgan fingerprint density at radius 2 is 2.14 bits per heavy atom. The van der Waals surface area contributed by atoms with Crippen molar-refractivity contribution in [3.8, 4) is 0 Å². The Morgan fingerprint density at radius 3 is 2.82 bits per heavy atom. The second-order valence-electron chi connectivity index (χ2n) is 5.38. The van der Waals surface area contributed by atoms with E-state index in [1.165, 1.54) is 11.8 Å². The molecule has 0 radical (unpaired) electrons. The molecule has 1 saturated heterocycles. The molecule has 0 saturated carbocycles. The van der Waals surface area contributed by atoms with Crippen LogP contribution in [0.25, 0.3) is 0 Å². The van der Waals surface area contributed by atoms with Crippen molar-refractivity contribution in [2.45, 2.75) is 25.3 Å². The number of hydrogen-bond acceptors (Lipinski definition) is 6. The van der Waals surface area contributed by atoms with Gasteiger partial charge in [-0.1, -0.05) is 30.3 Å². The molecule has 0 bridgehead atoms. The minimum absolute atomic E-state index is 0.0830. The van der Waals surface area contributed by atoms with Crippen LogP contribution in [0.3, 0.4) is 0 Å². The lowest BCUT2D eigenvalue weighted by molar-refractivity contribution is -0.384. The topological polar surface area (TPSA) is 98.2 Å². The second-order valence-corrected chi connectivity index (χ2v) is 5.38. The minimum Gasteiger partial charge on any atom is -0.378 e. The molecule has 114 valence electrons. The highest BCUT2D eigenvalue weighted by molar-refractivity contribution is 5.54. The number of aromatic nitrogens is 2. The third kappa shape index (κ3) is 2.83. The van der Waals surface area contributed by atoms with Crippen molar-refractivity contribution >= 4 is 17.5 Å². The zero-order valence-electron chi connectivity index (χ0n) is 12.1. The van der Waals surface area contributed by atoms with Gasteiger partial charge in [-0.3, -0.25) is 10.1 Å². The number of benzene rings is 1. The van der Waals surface area contributed by atoms with Gasteiger partial charge >= 0.3 is 5.69 Å². The van der Waals surface area contributed by atoms with Crippen LogP contribution in [0.2, 0.25) is 0 Å². The highest BCUT2D eigenvalue weighted by Crippen LogP contribution is 2.27. The van der Waals surface area contributed by atoms with Gasteiger partial charge in [0.25, 0.3) is 0 Å². The average Bonchev–Trinajstić information content (AvgIpc) is 2.96. The Labute approximate surface area is 127 Å². The van der Waals surface area contributed by atoms with E-state index in [4.69, 9.17) is 5.73 Å². The second kappa shape index (κ2) is 5.97. The molecular weight excluding hydrogens is 282 g/mol. The van der Waals surface area contributed by atoms with Crippen LogP contribution in [-0.2, 0) is 6.42 Å². The Bertz CT molecular complexity index is 677. The first-order valence-electron chi connectivity index (χ1n) is 7.22. The van der Waals surface area contributed by atoms with E-state index < -0.39 is 4.92 Å². The molecule has 1 atom stereocenters. The summed E-state index contributed by atoms with van der Waals surface area (Å²) in [6, 6.07) is 10.5. The summed E-state index contributed by atoms with van der Waals surface area (Å²) < 4.78 is 0. The maximum atomic E-state index is 10.8. The van der Waals surface area contributed by atoms with Crippen molar-refractivity contribution in [3.63, 3.8) is 0 Å². The van der Waals surface area contributed by atoms with Gasteiger partial charge in [-0.15, -0.1) is 0 Å². The first kappa shape index (κ1) is 14.2. The van der Waals surface area contributed by atoms with Crippen molar-refractivity contribution in [2.75, 3.05) is 17.2 Å². The number of nitro groups is 1. The van der Waals surface area contributed by atoms with Gasteiger partial charge in [0.05, 0.1) is 4.92 Å². The Hall–Kier alpha value is -2.70. The van der Waals surface area contributed by atoms with E-state index in [0.717, 1.165) is 25.8 Å². The maximum absolute atomic E-state index is 10.8. The average molecular weight is 299 g/mol. The van der Waals surface area contributed by atoms with E-state index in [1.54, 1.807) is 0 Å². The minimum atomic E-state index is -0.565. The lowest BCUT2D eigenvalue weighted by Gasteiger charge is -2.24. The molecular formula is C15H17N5O2. The van der Waals surface area contributed by atoms with Crippen LogP contribution in [0, 0.1) is 10.1 Å². The molecule has 7 heteroatoms. The summed E-state index contributed by atoms with van der Waals surface area (Å²) in [6.45, 7) is 0.842. The van der Waals surface area contributed by atoms with Gasteiger partial charge in [0.15, 0.2) is 0 Å². The summed E-state index contributed by atoms with van der Waals surface area (Å²) in [6.07, 6.45) is 4.20. The zero-order chi connectivity index (χ0) is 15.5. The van der Waals surface area contributed by atoms with Crippen LogP contribution in [0.1, 0.15) is 18.4 Å². The van der Waals surface area contributed by atoms with E-state index in [-0.39, 0.29) is 11.5 Å². The molecule has 2 N–H and O–H groups in total. The molecule has 2 aromatic rings. The van der Waals surface area contributed by atoms with Crippen LogP contribution in [0.4, 0.5) is 17.5 Å². The maximum Gasteiger partial charge on any atom is 0.329 e. The van der Waals surface area contributed by atoms with Gasteiger partial charge in [-0.25, -0.2) is 4.98 Å². The summed E-state index contributed by atoms with van der Waals surface area (Å²) in [7, 11) is 0.